The molecule has 0 spiro atoms. The van der Waals surface area contributed by atoms with Gasteiger partial charge in [-0.1, -0.05) is 30.3 Å². The van der Waals surface area contributed by atoms with Crippen LogP contribution in [-0.4, -0.2) is 62.4 Å². The molecule has 0 saturated carbocycles. The lowest BCUT2D eigenvalue weighted by Crippen LogP contribution is -3.00. The molecule has 0 atom stereocenters. The Morgan fingerprint density at radius 2 is 1.30 bits per heavy atom. The van der Waals surface area contributed by atoms with E-state index in [1.54, 1.807) is 30.3 Å². The fraction of sp³-hybridized carbons (Fsp3) is 0.233. The largest absolute Gasteiger partial charge is 1.00 e. The van der Waals surface area contributed by atoms with E-state index < -0.39 is 11.9 Å². The quantitative estimate of drug-likeness (QED) is 0.0890. The van der Waals surface area contributed by atoms with Crippen molar-refractivity contribution in [3.63, 3.8) is 0 Å². The standard InChI is InChI=1S/C28H30N2O3.C15H15N3O2.ClH/c1-5-29(6-2)19-13-15-23-25(17-19)33-26-18-20(30(7-3)8-4)14-16-24(26)27(23)21-11-9-10-12-22(21)28(31)32;1-18(2)12-9-7-11(8-10-12)16-17-14-6-4-3-5-13(14)15(19)20;/h9-18H,5-8H2,1-4H3;3-10H,1-2H3,(H,19,20);1H. The van der Waals surface area contributed by atoms with Crippen LogP contribution in [-0.2, 0) is 0 Å². The number of fused-ring (bicyclic) bond motifs is 2. The summed E-state index contributed by atoms with van der Waals surface area (Å²) in [4.78, 5) is 27.4. The minimum Gasteiger partial charge on any atom is -1.00 e. The summed E-state index contributed by atoms with van der Waals surface area (Å²) in [7, 11) is 3.92. The Kier molecular flexibility index (Phi) is 14.1. The third kappa shape index (κ3) is 9.13. The summed E-state index contributed by atoms with van der Waals surface area (Å²) >= 11 is 0. The third-order valence-electron chi connectivity index (χ3n) is 9.15. The highest BCUT2D eigenvalue weighted by Crippen LogP contribution is 2.42. The van der Waals surface area contributed by atoms with Crippen molar-refractivity contribution in [3.8, 4) is 22.5 Å². The number of benzene rings is 5. The SMILES string of the molecule is CCN(CC)c1ccc2c(-c3ccccc3C(=O)O)c3ccc(=[N+](CC)CC)cc-3oc2c1.CN(C)c1ccc(N=Nc2ccccc2C(=O)O)cc1.[Cl-]. The number of hydrogen-bond acceptors (Lipinski definition) is 7. The first-order valence-corrected chi connectivity index (χ1v) is 17.8. The number of carboxylic acids is 2. The van der Waals surface area contributed by atoms with Crippen molar-refractivity contribution in [1.82, 2.24) is 4.58 Å². The molecule has 11 heteroatoms. The smallest absolute Gasteiger partial charge is 0.337 e. The van der Waals surface area contributed by atoms with Crippen molar-refractivity contribution in [2.24, 2.45) is 10.2 Å². The number of hydrogen-bond donors (Lipinski definition) is 2. The molecule has 1 aliphatic carbocycles. The minimum absolute atomic E-state index is 0. The number of halogens is 1. The van der Waals surface area contributed by atoms with E-state index in [1.165, 1.54) is 6.07 Å². The Labute approximate surface area is 322 Å². The summed E-state index contributed by atoms with van der Waals surface area (Å²) < 4.78 is 8.74. The summed E-state index contributed by atoms with van der Waals surface area (Å²) in [5, 5.41) is 29.0. The molecule has 2 N–H and O–H groups in total. The summed E-state index contributed by atoms with van der Waals surface area (Å²) in [6.07, 6.45) is 0. The molecule has 280 valence electrons. The molecule has 10 nitrogen and oxygen atoms in total. The van der Waals surface area contributed by atoms with Crippen molar-refractivity contribution < 1.29 is 36.6 Å². The molecular formula is C43H46ClN5O5. The number of nitrogens with zero attached hydrogens (tertiary/aromatic N) is 5. The van der Waals surface area contributed by atoms with Gasteiger partial charge in [-0.3, -0.25) is 0 Å². The first kappa shape index (κ1) is 40.8. The summed E-state index contributed by atoms with van der Waals surface area (Å²) in [6, 6.07) is 33.7. The predicted octanol–water partition coefficient (Wildman–Crippen LogP) is 6.43. The molecule has 0 unspecified atom stereocenters. The van der Waals surface area contributed by atoms with E-state index in [-0.39, 0.29) is 23.5 Å². The molecule has 0 fully saturated rings. The molecule has 1 aliphatic heterocycles. The molecule has 0 bridgehead atoms. The van der Waals surface area contributed by atoms with Crippen molar-refractivity contribution in [2.45, 2.75) is 27.7 Å². The number of aromatic carboxylic acids is 2. The highest BCUT2D eigenvalue weighted by Gasteiger charge is 2.22. The first-order chi connectivity index (χ1) is 25.6. The molecule has 0 saturated heterocycles. The number of rotatable bonds is 11. The van der Waals surface area contributed by atoms with Crippen LogP contribution in [0.3, 0.4) is 0 Å². The number of carboxylic acid groups (broad SMARTS) is 2. The molecule has 0 radical (unpaired) electrons. The highest BCUT2D eigenvalue weighted by molar-refractivity contribution is 6.07. The maximum Gasteiger partial charge on any atom is 0.337 e. The highest BCUT2D eigenvalue weighted by atomic mass is 35.5. The number of carbonyl (C=O) groups is 2. The van der Waals surface area contributed by atoms with Gasteiger partial charge in [0.15, 0.2) is 0 Å². The van der Waals surface area contributed by atoms with Crippen molar-refractivity contribution in [2.75, 3.05) is 50.1 Å². The van der Waals surface area contributed by atoms with Gasteiger partial charge >= 0.3 is 11.9 Å². The van der Waals surface area contributed by atoms with Crippen LogP contribution >= 0.6 is 0 Å². The van der Waals surface area contributed by atoms with Crippen LogP contribution in [0.15, 0.2) is 124 Å². The maximum absolute atomic E-state index is 12.1. The fourth-order valence-corrected chi connectivity index (χ4v) is 6.29. The zero-order chi connectivity index (χ0) is 38.1. The van der Waals surface area contributed by atoms with Gasteiger partial charge in [0.05, 0.1) is 22.9 Å². The fourth-order valence-electron chi connectivity index (χ4n) is 6.29. The zero-order valence-corrected chi connectivity index (χ0v) is 32.2. The van der Waals surface area contributed by atoms with Gasteiger partial charge in [0.2, 0.25) is 5.36 Å². The second kappa shape index (κ2) is 18.7. The van der Waals surface area contributed by atoms with E-state index in [1.807, 2.05) is 55.4 Å². The van der Waals surface area contributed by atoms with Gasteiger partial charge in [-0.25, -0.2) is 14.2 Å². The van der Waals surface area contributed by atoms with Crippen LogP contribution in [0.25, 0.3) is 33.4 Å². The number of azo groups is 1. The van der Waals surface area contributed by atoms with Gasteiger partial charge < -0.3 is 36.8 Å². The normalized spacial score (nSPS) is 10.8. The molecule has 0 aromatic heterocycles. The number of anilines is 2. The Morgan fingerprint density at radius 1 is 0.685 bits per heavy atom. The lowest BCUT2D eigenvalue weighted by atomic mass is 9.90. The molecule has 4 aromatic rings. The van der Waals surface area contributed by atoms with Gasteiger partial charge in [-0.05, 0) is 93.9 Å². The van der Waals surface area contributed by atoms with E-state index in [4.69, 9.17) is 9.52 Å². The second-order valence-electron chi connectivity index (χ2n) is 12.5. The summed E-state index contributed by atoms with van der Waals surface area (Å²) in [5.74, 6) is -1.20. The van der Waals surface area contributed by atoms with Gasteiger partial charge in [-0.2, -0.15) is 5.11 Å². The van der Waals surface area contributed by atoms with Crippen LogP contribution in [0, 0.1) is 0 Å². The molecule has 2 aliphatic rings. The van der Waals surface area contributed by atoms with Crippen LogP contribution in [0.1, 0.15) is 48.4 Å². The van der Waals surface area contributed by atoms with Crippen LogP contribution < -0.4 is 32.1 Å². The van der Waals surface area contributed by atoms with Gasteiger partial charge in [0, 0.05) is 67.2 Å². The van der Waals surface area contributed by atoms with Crippen molar-refractivity contribution in [1.29, 1.82) is 0 Å². The van der Waals surface area contributed by atoms with Crippen molar-refractivity contribution >= 4 is 45.7 Å². The summed E-state index contributed by atoms with van der Waals surface area (Å²) in [6.45, 7) is 12.1. The van der Waals surface area contributed by atoms with Crippen LogP contribution in [0.2, 0.25) is 0 Å². The minimum atomic E-state index is -1.01. The van der Waals surface area contributed by atoms with Gasteiger partial charge in [0.25, 0.3) is 0 Å². The predicted molar refractivity (Wildman–Crippen MR) is 213 cm³/mol. The average molecular weight is 748 g/mol. The molecule has 54 heavy (non-hydrogen) atoms. The van der Waals surface area contributed by atoms with E-state index in [2.05, 4.69) is 83.8 Å². The molecule has 6 rings (SSSR count). The average Bonchev–Trinajstić information content (AvgIpc) is 3.17. The third-order valence-corrected chi connectivity index (χ3v) is 9.15. The van der Waals surface area contributed by atoms with Crippen molar-refractivity contribution in [3.05, 3.63) is 126 Å². The lowest BCUT2D eigenvalue weighted by Gasteiger charge is -2.22. The van der Waals surface area contributed by atoms with Gasteiger partial charge in [0.1, 0.15) is 30.1 Å². The van der Waals surface area contributed by atoms with Crippen LogP contribution in [0.5, 0.6) is 0 Å². The molecular weight excluding hydrogens is 702 g/mol. The Bertz CT molecular complexity index is 2290. The van der Waals surface area contributed by atoms with Gasteiger partial charge in [-0.15, -0.1) is 5.11 Å². The van der Waals surface area contributed by atoms with Crippen LogP contribution in [0.4, 0.5) is 22.7 Å². The summed E-state index contributed by atoms with van der Waals surface area (Å²) in [5.41, 5.74) is 6.84. The lowest BCUT2D eigenvalue weighted by molar-refractivity contribution is -0.0000417. The van der Waals surface area contributed by atoms with E-state index in [0.29, 0.717) is 16.9 Å². The maximum atomic E-state index is 12.1. The molecule has 0 amide bonds. The first-order valence-electron chi connectivity index (χ1n) is 17.8. The zero-order valence-electron chi connectivity index (χ0n) is 31.5. The Hall–Kier alpha value is -6.00. The molecule has 4 aromatic carbocycles. The topological polar surface area (TPSA) is 122 Å². The van der Waals surface area contributed by atoms with E-state index in [0.717, 1.165) is 70.8 Å². The van der Waals surface area contributed by atoms with E-state index in [9.17, 15) is 14.7 Å². The second-order valence-corrected chi connectivity index (χ2v) is 12.5. The Balaban J connectivity index is 0.000000266. The Morgan fingerprint density at radius 3 is 1.91 bits per heavy atom. The monoisotopic (exact) mass is 747 g/mol. The molecule has 1 heterocycles. The van der Waals surface area contributed by atoms with E-state index >= 15 is 0 Å².